The molecule has 1 aliphatic rings. The maximum absolute atomic E-state index is 12.2. The summed E-state index contributed by atoms with van der Waals surface area (Å²) in [6.07, 6.45) is 9.06. The fourth-order valence-corrected chi connectivity index (χ4v) is 3.55. The van der Waals surface area contributed by atoms with E-state index in [0.717, 1.165) is 49.3 Å². The molecule has 144 valence electrons. The molecule has 0 saturated carbocycles. The van der Waals surface area contributed by atoms with E-state index in [0.29, 0.717) is 11.8 Å². The van der Waals surface area contributed by atoms with Gasteiger partial charge in [-0.1, -0.05) is 0 Å². The second-order valence-electron chi connectivity index (χ2n) is 6.91. The average molecular weight is 378 g/mol. The van der Waals surface area contributed by atoms with Gasteiger partial charge in [0.2, 0.25) is 0 Å². The van der Waals surface area contributed by atoms with E-state index >= 15 is 0 Å². The van der Waals surface area contributed by atoms with Crippen molar-refractivity contribution in [1.29, 1.82) is 0 Å². The van der Waals surface area contributed by atoms with Gasteiger partial charge in [0.1, 0.15) is 5.82 Å². The normalized spacial score (nSPS) is 17.4. The Bertz CT molecular complexity index is 974. The van der Waals surface area contributed by atoms with Crippen LogP contribution in [0.2, 0.25) is 0 Å². The van der Waals surface area contributed by atoms with E-state index in [2.05, 4.69) is 24.8 Å². The molecule has 1 unspecified atom stereocenters. The van der Waals surface area contributed by atoms with Crippen molar-refractivity contribution in [3.63, 3.8) is 0 Å². The van der Waals surface area contributed by atoms with E-state index in [4.69, 9.17) is 9.72 Å². The van der Waals surface area contributed by atoms with Gasteiger partial charge in [-0.15, -0.1) is 0 Å². The molecule has 0 radical (unpaired) electrons. The van der Waals surface area contributed by atoms with Gasteiger partial charge in [0.05, 0.1) is 12.8 Å². The Hall–Kier alpha value is -3.13. The fraction of sp³-hybridized carbons (Fsp3) is 0.350. The van der Waals surface area contributed by atoms with Crippen LogP contribution < -0.4 is 10.3 Å². The van der Waals surface area contributed by atoms with Crippen LogP contribution in [0.15, 0.2) is 47.8 Å². The molecule has 0 amide bonds. The third kappa shape index (κ3) is 4.23. The van der Waals surface area contributed by atoms with Gasteiger partial charge in [0.25, 0.3) is 5.56 Å². The highest BCUT2D eigenvalue weighted by atomic mass is 16.5. The molecule has 0 aliphatic carbocycles. The molecular weight excluding hydrogens is 356 g/mol. The zero-order chi connectivity index (χ0) is 19.3. The van der Waals surface area contributed by atoms with Crippen LogP contribution in [0.5, 0.6) is 6.01 Å². The molecule has 4 heterocycles. The molecule has 4 rings (SSSR count). The lowest BCUT2D eigenvalue weighted by Crippen LogP contribution is -2.34. The van der Waals surface area contributed by atoms with Crippen molar-refractivity contribution in [3.05, 3.63) is 64.6 Å². The summed E-state index contributed by atoms with van der Waals surface area (Å²) in [6.45, 7) is 2.61. The molecule has 8 heteroatoms. The van der Waals surface area contributed by atoms with Crippen molar-refractivity contribution in [2.24, 2.45) is 0 Å². The summed E-state index contributed by atoms with van der Waals surface area (Å²) >= 11 is 0. The zero-order valence-electron chi connectivity index (χ0n) is 15.7. The number of aromatic nitrogens is 5. The second kappa shape index (κ2) is 8.26. The zero-order valence-corrected chi connectivity index (χ0v) is 15.7. The number of hydrogen-bond donors (Lipinski definition) is 1. The van der Waals surface area contributed by atoms with Crippen molar-refractivity contribution >= 4 is 0 Å². The first-order chi connectivity index (χ1) is 13.7. The number of nitrogens with zero attached hydrogens (tertiary/aromatic N) is 5. The molecule has 1 fully saturated rings. The summed E-state index contributed by atoms with van der Waals surface area (Å²) in [5.41, 5.74) is 2.55. The van der Waals surface area contributed by atoms with Crippen LogP contribution >= 0.6 is 0 Å². The molecule has 8 nitrogen and oxygen atoms in total. The molecule has 3 aromatic rings. The molecule has 0 spiro atoms. The van der Waals surface area contributed by atoms with Crippen molar-refractivity contribution in [2.75, 3.05) is 20.2 Å². The van der Waals surface area contributed by atoms with Crippen molar-refractivity contribution in [2.45, 2.75) is 25.3 Å². The number of pyridine rings is 1. The molecule has 1 saturated heterocycles. The van der Waals surface area contributed by atoms with Crippen LogP contribution in [0.3, 0.4) is 0 Å². The molecule has 1 atom stereocenters. The highest BCUT2D eigenvalue weighted by Crippen LogP contribution is 2.27. The molecule has 0 aromatic carbocycles. The van der Waals surface area contributed by atoms with E-state index in [1.807, 2.05) is 12.1 Å². The molecule has 1 aliphatic heterocycles. The average Bonchev–Trinajstić information content (AvgIpc) is 2.75. The van der Waals surface area contributed by atoms with Crippen LogP contribution in [0.1, 0.15) is 30.0 Å². The number of methoxy groups -OCH3 is 1. The standard InChI is InChI=1S/C20H22N6O2/c1-28-20-22-9-14(10-23-20)12-26-7-3-5-16(13-26)17-8-18(27)25-19(24-17)15-4-2-6-21-11-15/h2,4,6,8-11,16H,3,5,7,12-13H2,1H3,(H,24,25,27). The number of H-pyrrole nitrogens is 1. The number of aromatic amines is 1. The maximum atomic E-state index is 12.2. The van der Waals surface area contributed by atoms with Crippen LogP contribution in [0.4, 0.5) is 0 Å². The molecule has 28 heavy (non-hydrogen) atoms. The first kappa shape index (κ1) is 18.2. The van der Waals surface area contributed by atoms with E-state index in [1.54, 1.807) is 38.0 Å². The first-order valence-electron chi connectivity index (χ1n) is 9.30. The minimum Gasteiger partial charge on any atom is -0.467 e. The van der Waals surface area contributed by atoms with Crippen LogP contribution in [0.25, 0.3) is 11.4 Å². The van der Waals surface area contributed by atoms with Crippen molar-refractivity contribution in [3.8, 4) is 17.4 Å². The lowest BCUT2D eigenvalue weighted by atomic mass is 9.94. The molecule has 3 aromatic heterocycles. The quantitative estimate of drug-likeness (QED) is 0.725. The van der Waals surface area contributed by atoms with Gasteiger partial charge in [-0.25, -0.2) is 15.0 Å². The van der Waals surface area contributed by atoms with E-state index in [1.165, 1.54) is 0 Å². The summed E-state index contributed by atoms with van der Waals surface area (Å²) < 4.78 is 5.01. The Balaban J connectivity index is 1.51. The SMILES string of the molecule is COc1ncc(CN2CCCC(c3cc(=O)[nH]c(-c4cccnc4)n3)C2)cn1. The summed E-state index contributed by atoms with van der Waals surface area (Å²) in [4.78, 5) is 34.6. The number of hydrogen-bond acceptors (Lipinski definition) is 7. The smallest absolute Gasteiger partial charge is 0.316 e. The van der Waals surface area contributed by atoms with Gasteiger partial charge in [-0.2, -0.15) is 0 Å². The van der Waals surface area contributed by atoms with Crippen LogP contribution in [-0.4, -0.2) is 50.0 Å². The maximum Gasteiger partial charge on any atom is 0.316 e. The highest BCUT2D eigenvalue weighted by molar-refractivity contribution is 5.52. The number of likely N-dealkylation sites (tertiary alicyclic amines) is 1. The van der Waals surface area contributed by atoms with Crippen LogP contribution in [-0.2, 0) is 6.54 Å². The monoisotopic (exact) mass is 378 g/mol. The summed E-state index contributed by atoms with van der Waals surface area (Å²) in [5.74, 6) is 0.780. The lowest BCUT2D eigenvalue weighted by Gasteiger charge is -2.32. The Morgan fingerprint density at radius 1 is 1.29 bits per heavy atom. The van der Waals surface area contributed by atoms with Gasteiger partial charge in [0, 0.05) is 61.0 Å². The lowest BCUT2D eigenvalue weighted by molar-refractivity contribution is 0.198. The third-order valence-electron chi connectivity index (χ3n) is 4.89. The number of ether oxygens (including phenoxy) is 1. The van der Waals surface area contributed by atoms with E-state index in [9.17, 15) is 4.79 Å². The Morgan fingerprint density at radius 2 is 2.14 bits per heavy atom. The first-order valence-corrected chi connectivity index (χ1v) is 9.30. The third-order valence-corrected chi connectivity index (χ3v) is 4.89. The minimum atomic E-state index is -0.135. The molecular formula is C20H22N6O2. The van der Waals surface area contributed by atoms with Gasteiger partial charge < -0.3 is 9.72 Å². The fourth-order valence-electron chi connectivity index (χ4n) is 3.55. The number of piperidine rings is 1. The largest absolute Gasteiger partial charge is 0.467 e. The van der Waals surface area contributed by atoms with Crippen molar-refractivity contribution < 1.29 is 4.74 Å². The topological polar surface area (TPSA) is 96.9 Å². The Kier molecular flexibility index (Phi) is 5.38. The summed E-state index contributed by atoms with van der Waals surface area (Å²) in [6, 6.07) is 5.72. The van der Waals surface area contributed by atoms with Gasteiger partial charge in [0.15, 0.2) is 0 Å². The van der Waals surface area contributed by atoms with E-state index < -0.39 is 0 Å². The van der Waals surface area contributed by atoms with E-state index in [-0.39, 0.29) is 11.5 Å². The van der Waals surface area contributed by atoms with Gasteiger partial charge >= 0.3 is 6.01 Å². The highest BCUT2D eigenvalue weighted by Gasteiger charge is 2.23. The molecule has 0 bridgehead atoms. The summed E-state index contributed by atoms with van der Waals surface area (Å²) in [7, 11) is 1.55. The van der Waals surface area contributed by atoms with Gasteiger partial charge in [-0.05, 0) is 31.5 Å². The van der Waals surface area contributed by atoms with Gasteiger partial charge in [-0.3, -0.25) is 14.7 Å². The second-order valence-corrected chi connectivity index (χ2v) is 6.91. The Morgan fingerprint density at radius 3 is 2.89 bits per heavy atom. The number of nitrogens with one attached hydrogen (secondary N) is 1. The predicted molar refractivity (Wildman–Crippen MR) is 104 cm³/mol. The Labute approximate surface area is 162 Å². The van der Waals surface area contributed by atoms with Crippen molar-refractivity contribution in [1.82, 2.24) is 29.8 Å². The minimum absolute atomic E-state index is 0.135. The predicted octanol–water partition coefficient (Wildman–Crippen LogP) is 2.01. The number of rotatable bonds is 5. The van der Waals surface area contributed by atoms with Crippen LogP contribution in [0, 0.1) is 0 Å². The summed E-state index contributed by atoms with van der Waals surface area (Å²) in [5, 5.41) is 0. The molecule has 1 N–H and O–H groups in total.